The van der Waals surface area contributed by atoms with Gasteiger partial charge in [0.2, 0.25) is 5.91 Å². The third kappa shape index (κ3) is 6.85. The molecule has 9 heteroatoms. The van der Waals surface area contributed by atoms with Crippen LogP contribution in [0.15, 0.2) is 24.3 Å². The van der Waals surface area contributed by atoms with Gasteiger partial charge in [0.05, 0.1) is 12.1 Å². The molecule has 1 rings (SSSR count). The van der Waals surface area contributed by atoms with E-state index < -0.39 is 24.2 Å². The minimum atomic E-state index is -4.65. The molecule has 0 saturated heterocycles. The summed E-state index contributed by atoms with van der Waals surface area (Å²) >= 11 is 0. The van der Waals surface area contributed by atoms with Crippen LogP contribution in [0.4, 0.5) is 13.2 Å². The predicted octanol–water partition coefficient (Wildman–Crippen LogP) is 2.64. The number of hydrogen-bond acceptors (Lipinski definition) is 4. The van der Waals surface area contributed by atoms with Crippen LogP contribution in [0.2, 0.25) is 0 Å². The van der Waals surface area contributed by atoms with Gasteiger partial charge in [-0.3, -0.25) is 14.9 Å². The van der Waals surface area contributed by atoms with Crippen molar-refractivity contribution in [1.82, 2.24) is 15.5 Å². The number of alkyl halides is 3. The van der Waals surface area contributed by atoms with Gasteiger partial charge in [0.15, 0.2) is 0 Å². The standard InChI is InChI=1S/C19H25F3N4O2/c1-12(2)11-15(17(27)24-10-9-23)25-16(19(20,21)22)13-5-7-14(8-6-13)18(28)26(3)4/h5-8,12,15-16,25H,10-11H2,1-4H3,(H,24,27)/t15-,16?/m0/s1. The lowest BCUT2D eigenvalue weighted by molar-refractivity contribution is -0.161. The van der Waals surface area contributed by atoms with E-state index in [0.717, 1.165) is 0 Å². The highest BCUT2D eigenvalue weighted by Gasteiger charge is 2.42. The second-order valence-corrected chi connectivity index (χ2v) is 7.02. The summed E-state index contributed by atoms with van der Waals surface area (Å²) in [5.74, 6) is -1.03. The monoisotopic (exact) mass is 398 g/mol. The molecule has 1 unspecified atom stereocenters. The Morgan fingerprint density at radius 3 is 2.18 bits per heavy atom. The molecule has 154 valence electrons. The second kappa shape index (κ2) is 10.1. The molecule has 28 heavy (non-hydrogen) atoms. The zero-order chi connectivity index (χ0) is 21.5. The van der Waals surface area contributed by atoms with Gasteiger partial charge in [0, 0.05) is 19.7 Å². The van der Waals surface area contributed by atoms with Crippen LogP contribution >= 0.6 is 0 Å². The lowest BCUT2D eigenvalue weighted by Crippen LogP contribution is -2.49. The Morgan fingerprint density at radius 2 is 1.75 bits per heavy atom. The fourth-order valence-electron chi connectivity index (χ4n) is 2.63. The largest absolute Gasteiger partial charge is 0.407 e. The van der Waals surface area contributed by atoms with E-state index in [1.54, 1.807) is 34.0 Å². The Labute approximate surface area is 162 Å². The van der Waals surface area contributed by atoms with Crippen LogP contribution in [-0.4, -0.2) is 49.6 Å². The molecule has 0 fully saturated rings. The highest BCUT2D eigenvalue weighted by atomic mass is 19.4. The second-order valence-electron chi connectivity index (χ2n) is 7.02. The molecule has 0 aromatic heterocycles. The fourth-order valence-corrected chi connectivity index (χ4v) is 2.63. The molecule has 1 aromatic rings. The first-order valence-electron chi connectivity index (χ1n) is 8.76. The average Bonchev–Trinajstić information content (AvgIpc) is 2.61. The number of nitrogens with one attached hydrogen (secondary N) is 2. The normalized spacial score (nSPS) is 13.5. The van der Waals surface area contributed by atoms with Crippen molar-refractivity contribution in [1.29, 1.82) is 5.26 Å². The van der Waals surface area contributed by atoms with E-state index in [9.17, 15) is 22.8 Å². The summed E-state index contributed by atoms with van der Waals surface area (Å²) in [5, 5.41) is 13.3. The number of nitriles is 1. The van der Waals surface area contributed by atoms with Crippen molar-refractivity contribution in [3.63, 3.8) is 0 Å². The van der Waals surface area contributed by atoms with Crippen molar-refractivity contribution in [2.75, 3.05) is 20.6 Å². The topological polar surface area (TPSA) is 85.2 Å². The minimum absolute atomic E-state index is 0.0423. The lowest BCUT2D eigenvalue weighted by Gasteiger charge is -2.28. The van der Waals surface area contributed by atoms with Crippen molar-refractivity contribution < 1.29 is 22.8 Å². The number of rotatable bonds is 8. The Kier molecular flexibility index (Phi) is 8.44. The number of halogens is 3. The van der Waals surface area contributed by atoms with Gasteiger partial charge in [0.1, 0.15) is 12.6 Å². The summed E-state index contributed by atoms with van der Waals surface area (Å²) in [7, 11) is 3.10. The maximum absolute atomic E-state index is 13.7. The van der Waals surface area contributed by atoms with Crippen molar-refractivity contribution in [3.05, 3.63) is 35.4 Å². The summed E-state index contributed by atoms with van der Waals surface area (Å²) in [5.41, 5.74) is 0.157. The zero-order valence-electron chi connectivity index (χ0n) is 16.3. The molecule has 2 atom stereocenters. The first kappa shape index (κ1) is 23.4. The summed E-state index contributed by atoms with van der Waals surface area (Å²) in [6, 6.07) is 3.61. The van der Waals surface area contributed by atoms with E-state index in [1.807, 2.05) is 0 Å². The minimum Gasteiger partial charge on any atom is -0.345 e. The van der Waals surface area contributed by atoms with Crippen molar-refractivity contribution in [2.45, 2.75) is 38.5 Å². The lowest BCUT2D eigenvalue weighted by atomic mass is 9.98. The Balaban J connectivity index is 3.14. The maximum Gasteiger partial charge on any atom is 0.407 e. The highest BCUT2D eigenvalue weighted by Crippen LogP contribution is 2.33. The molecule has 1 aromatic carbocycles. The Bertz CT molecular complexity index is 709. The van der Waals surface area contributed by atoms with E-state index in [4.69, 9.17) is 5.26 Å². The van der Waals surface area contributed by atoms with Crippen LogP contribution in [-0.2, 0) is 4.79 Å². The first-order valence-corrected chi connectivity index (χ1v) is 8.76. The molecule has 0 aliphatic carbocycles. The molecule has 0 bridgehead atoms. The summed E-state index contributed by atoms with van der Waals surface area (Å²) < 4.78 is 41.1. The van der Waals surface area contributed by atoms with Crippen LogP contribution in [0.1, 0.15) is 42.2 Å². The fraction of sp³-hybridized carbons (Fsp3) is 0.526. The quantitative estimate of drug-likeness (QED) is 0.660. The van der Waals surface area contributed by atoms with E-state index in [0.29, 0.717) is 0 Å². The number of benzene rings is 1. The van der Waals surface area contributed by atoms with Crippen LogP contribution in [0.3, 0.4) is 0 Å². The Hall–Kier alpha value is -2.60. The number of carbonyl (C=O) groups is 2. The van der Waals surface area contributed by atoms with Gasteiger partial charge in [-0.2, -0.15) is 18.4 Å². The SMILES string of the molecule is CC(C)C[C@H](NC(c1ccc(C(=O)N(C)C)cc1)C(F)(F)F)C(=O)NCC#N. The maximum atomic E-state index is 13.7. The zero-order valence-corrected chi connectivity index (χ0v) is 16.3. The number of amides is 2. The molecule has 0 aliphatic heterocycles. The van der Waals surface area contributed by atoms with Crippen LogP contribution in [0.5, 0.6) is 0 Å². The third-order valence-electron chi connectivity index (χ3n) is 3.96. The van der Waals surface area contributed by atoms with Crippen LogP contribution < -0.4 is 10.6 Å². The van der Waals surface area contributed by atoms with Gasteiger partial charge >= 0.3 is 6.18 Å². The number of nitrogens with zero attached hydrogens (tertiary/aromatic N) is 2. The molecule has 0 spiro atoms. The molecule has 2 amide bonds. The molecule has 2 N–H and O–H groups in total. The van der Waals surface area contributed by atoms with Crippen molar-refractivity contribution in [3.8, 4) is 6.07 Å². The smallest absolute Gasteiger partial charge is 0.345 e. The number of carbonyl (C=O) groups excluding carboxylic acids is 2. The molecular formula is C19H25F3N4O2. The molecule has 0 saturated carbocycles. The van der Waals surface area contributed by atoms with E-state index in [2.05, 4.69) is 10.6 Å². The third-order valence-corrected chi connectivity index (χ3v) is 3.96. The Morgan fingerprint density at radius 1 is 1.18 bits per heavy atom. The van der Waals surface area contributed by atoms with E-state index >= 15 is 0 Å². The number of hydrogen-bond donors (Lipinski definition) is 2. The van der Waals surface area contributed by atoms with Gasteiger partial charge in [-0.05, 0) is 30.0 Å². The van der Waals surface area contributed by atoms with E-state index in [1.165, 1.54) is 29.2 Å². The molecule has 0 aliphatic rings. The average molecular weight is 398 g/mol. The molecule has 0 heterocycles. The van der Waals surface area contributed by atoms with Crippen molar-refractivity contribution in [2.24, 2.45) is 5.92 Å². The predicted molar refractivity (Wildman–Crippen MR) is 98.3 cm³/mol. The van der Waals surface area contributed by atoms with Gasteiger partial charge in [-0.25, -0.2) is 0 Å². The van der Waals surface area contributed by atoms with Gasteiger partial charge < -0.3 is 10.2 Å². The summed E-state index contributed by atoms with van der Waals surface area (Å²) in [6.45, 7) is 3.29. The first-order chi connectivity index (χ1) is 13.0. The van der Waals surface area contributed by atoms with Gasteiger partial charge in [-0.1, -0.05) is 26.0 Å². The molecule has 0 radical (unpaired) electrons. The van der Waals surface area contributed by atoms with Gasteiger partial charge in [0.25, 0.3) is 5.91 Å². The van der Waals surface area contributed by atoms with E-state index in [-0.39, 0.29) is 35.9 Å². The summed E-state index contributed by atoms with van der Waals surface area (Å²) in [6.07, 6.45) is -4.49. The van der Waals surface area contributed by atoms with Crippen LogP contribution in [0.25, 0.3) is 0 Å². The summed E-state index contributed by atoms with van der Waals surface area (Å²) in [4.78, 5) is 25.5. The van der Waals surface area contributed by atoms with Crippen LogP contribution in [0, 0.1) is 17.2 Å². The van der Waals surface area contributed by atoms with Crippen molar-refractivity contribution >= 4 is 11.8 Å². The van der Waals surface area contributed by atoms with Gasteiger partial charge in [-0.15, -0.1) is 0 Å². The molecular weight excluding hydrogens is 373 g/mol. The highest BCUT2D eigenvalue weighted by molar-refractivity contribution is 5.93. The molecule has 6 nitrogen and oxygen atoms in total.